The first-order valence-electron chi connectivity index (χ1n) is 8.30. The topological polar surface area (TPSA) is 47.6 Å². The largest absolute Gasteiger partial charge is 0.494 e. The van der Waals surface area contributed by atoms with Crippen molar-refractivity contribution in [1.29, 1.82) is 0 Å². The van der Waals surface area contributed by atoms with Crippen LogP contribution in [0.4, 0.5) is 0 Å². The van der Waals surface area contributed by atoms with Crippen molar-refractivity contribution in [3.05, 3.63) is 29.3 Å². The van der Waals surface area contributed by atoms with Crippen LogP contribution in [0.3, 0.4) is 0 Å². The number of carbonyl (C=O) groups is 1. The predicted molar refractivity (Wildman–Crippen MR) is 87.3 cm³/mol. The molecule has 0 spiro atoms. The summed E-state index contributed by atoms with van der Waals surface area (Å²) in [5.74, 6) is 0.794. The molecule has 0 aliphatic heterocycles. The Morgan fingerprint density at radius 1 is 1.23 bits per heavy atom. The summed E-state index contributed by atoms with van der Waals surface area (Å²) in [6.07, 6.45) is 7.18. The third kappa shape index (κ3) is 4.73. The van der Waals surface area contributed by atoms with E-state index in [2.05, 4.69) is 5.32 Å². The van der Waals surface area contributed by atoms with E-state index in [9.17, 15) is 4.79 Å². The molecule has 1 fully saturated rings. The van der Waals surface area contributed by atoms with Gasteiger partial charge in [0.05, 0.1) is 13.2 Å². The fourth-order valence-corrected chi connectivity index (χ4v) is 2.98. The molecule has 1 aliphatic rings. The minimum absolute atomic E-state index is 0.00676. The molecule has 0 radical (unpaired) electrons. The number of hydrogen-bond acceptors (Lipinski definition) is 3. The lowest BCUT2D eigenvalue weighted by Gasteiger charge is -2.17. The number of rotatable bonds is 6. The van der Waals surface area contributed by atoms with Gasteiger partial charge in [-0.05, 0) is 38.0 Å². The molecule has 1 aromatic rings. The maximum absolute atomic E-state index is 12.5. The Morgan fingerprint density at radius 3 is 2.59 bits per heavy atom. The van der Waals surface area contributed by atoms with E-state index >= 15 is 0 Å². The van der Waals surface area contributed by atoms with Crippen molar-refractivity contribution in [2.75, 3.05) is 13.7 Å². The Labute approximate surface area is 133 Å². The molecule has 1 aromatic carbocycles. The standard InChI is InChI=1S/C18H27NO3/c1-3-22-17-11-10-14(12-15(17)13-21-2)18(20)19-16-8-6-4-5-7-9-16/h10-12,16H,3-9,13H2,1-2H3,(H,19,20). The Morgan fingerprint density at radius 2 is 1.95 bits per heavy atom. The molecule has 4 heteroatoms. The highest BCUT2D eigenvalue weighted by atomic mass is 16.5. The normalized spacial score (nSPS) is 16.1. The van der Waals surface area contributed by atoms with Gasteiger partial charge in [0.2, 0.25) is 0 Å². The molecular weight excluding hydrogens is 278 g/mol. The molecule has 0 heterocycles. The highest BCUT2D eigenvalue weighted by molar-refractivity contribution is 5.94. The van der Waals surface area contributed by atoms with Gasteiger partial charge in [0.25, 0.3) is 5.91 Å². The van der Waals surface area contributed by atoms with E-state index in [1.165, 1.54) is 25.7 Å². The molecule has 1 N–H and O–H groups in total. The van der Waals surface area contributed by atoms with Crippen molar-refractivity contribution >= 4 is 5.91 Å². The Kier molecular flexibility index (Phi) is 6.72. The van der Waals surface area contributed by atoms with Crippen molar-refractivity contribution < 1.29 is 14.3 Å². The van der Waals surface area contributed by atoms with Gasteiger partial charge in [-0.15, -0.1) is 0 Å². The molecule has 2 rings (SSSR count). The van der Waals surface area contributed by atoms with E-state index in [0.29, 0.717) is 24.8 Å². The summed E-state index contributed by atoms with van der Waals surface area (Å²) in [4.78, 5) is 12.5. The van der Waals surface area contributed by atoms with Crippen LogP contribution in [-0.2, 0) is 11.3 Å². The highest BCUT2D eigenvalue weighted by Crippen LogP contribution is 2.22. The van der Waals surface area contributed by atoms with Gasteiger partial charge in [-0.2, -0.15) is 0 Å². The van der Waals surface area contributed by atoms with Gasteiger partial charge in [-0.25, -0.2) is 0 Å². The lowest BCUT2D eigenvalue weighted by molar-refractivity contribution is 0.0933. The Balaban J connectivity index is 2.06. The van der Waals surface area contributed by atoms with Crippen LogP contribution in [-0.4, -0.2) is 25.7 Å². The summed E-state index contributed by atoms with van der Waals surface area (Å²) in [5.41, 5.74) is 1.60. The second kappa shape index (κ2) is 8.79. The molecule has 1 saturated carbocycles. The van der Waals surface area contributed by atoms with E-state index < -0.39 is 0 Å². The third-order valence-corrected chi connectivity index (χ3v) is 4.11. The van der Waals surface area contributed by atoms with Gasteiger partial charge in [0.1, 0.15) is 5.75 Å². The zero-order chi connectivity index (χ0) is 15.8. The monoisotopic (exact) mass is 305 g/mol. The molecule has 0 atom stereocenters. The number of methoxy groups -OCH3 is 1. The van der Waals surface area contributed by atoms with Gasteiger partial charge in [0.15, 0.2) is 0 Å². The van der Waals surface area contributed by atoms with Crippen LogP contribution in [0.5, 0.6) is 5.75 Å². The summed E-state index contributed by atoms with van der Waals surface area (Å²) in [6.45, 7) is 2.99. The van der Waals surface area contributed by atoms with Crippen LogP contribution < -0.4 is 10.1 Å². The van der Waals surface area contributed by atoms with Crippen LogP contribution in [0, 0.1) is 0 Å². The molecule has 0 saturated heterocycles. The van der Waals surface area contributed by atoms with E-state index in [1.54, 1.807) is 7.11 Å². The molecule has 122 valence electrons. The van der Waals surface area contributed by atoms with Crippen molar-refractivity contribution in [2.24, 2.45) is 0 Å². The molecule has 22 heavy (non-hydrogen) atoms. The number of nitrogens with one attached hydrogen (secondary N) is 1. The maximum atomic E-state index is 12.5. The number of amides is 1. The summed E-state index contributed by atoms with van der Waals surface area (Å²) >= 11 is 0. The van der Waals surface area contributed by atoms with Gasteiger partial charge in [-0.1, -0.05) is 25.7 Å². The van der Waals surface area contributed by atoms with Gasteiger partial charge in [0, 0.05) is 24.3 Å². The number of benzene rings is 1. The van der Waals surface area contributed by atoms with Crippen molar-refractivity contribution in [3.8, 4) is 5.75 Å². The van der Waals surface area contributed by atoms with Crippen LogP contribution in [0.1, 0.15) is 61.4 Å². The molecule has 1 amide bonds. The third-order valence-electron chi connectivity index (χ3n) is 4.11. The molecule has 4 nitrogen and oxygen atoms in total. The first-order valence-corrected chi connectivity index (χ1v) is 8.30. The predicted octanol–water partition coefficient (Wildman–Crippen LogP) is 3.68. The maximum Gasteiger partial charge on any atom is 0.251 e. The smallest absolute Gasteiger partial charge is 0.251 e. The Hall–Kier alpha value is -1.55. The zero-order valence-electron chi connectivity index (χ0n) is 13.7. The fraction of sp³-hybridized carbons (Fsp3) is 0.611. The highest BCUT2D eigenvalue weighted by Gasteiger charge is 2.17. The lowest BCUT2D eigenvalue weighted by Crippen LogP contribution is -2.34. The average Bonchev–Trinajstić information content (AvgIpc) is 2.78. The molecular formula is C18H27NO3. The molecule has 0 bridgehead atoms. The molecule has 1 aliphatic carbocycles. The first-order chi connectivity index (χ1) is 10.7. The number of carbonyl (C=O) groups excluding carboxylic acids is 1. The van der Waals surface area contributed by atoms with Crippen LogP contribution in [0.15, 0.2) is 18.2 Å². The quantitative estimate of drug-likeness (QED) is 0.816. The summed E-state index contributed by atoms with van der Waals surface area (Å²) in [5, 5.41) is 3.18. The second-order valence-corrected chi connectivity index (χ2v) is 5.85. The number of ether oxygens (including phenoxy) is 2. The fourth-order valence-electron chi connectivity index (χ4n) is 2.98. The van der Waals surface area contributed by atoms with E-state index in [4.69, 9.17) is 9.47 Å². The van der Waals surface area contributed by atoms with Gasteiger partial charge in [-0.3, -0.25) is 4.79 Å². The summed E-state index contributed by atoms with van der Waals surface area (Å²) < 4.78 is 10.8. The van der Waals surface area contributed by atoms with Crippen LogP contribution in [0.2, 0.25) is 0 Å². The summed E-state index contributed by atoms with van der Waals surface area (Å²) in [7, 11) is 1.65. The van der Waals surface area contributed by atoms with Crippen molar-refractivity contribution in [1.82, 2.24) is 5.32 Å². The second-order valence-electron chi connectivity index (χ2n) is 5.85. The Bertz CT molecular complexity index is 479. The van der Waals surface area contributed by atoms with E-state index in [1.807, 2.05) is 25.1 Å². The van der Waals surface area contributed by atoms with Gasteiger partial charge >= 0.3 is 0 Å². The zero-order valence-corrected chi connectivity index (χ0v) is 13.7. The minimum Gasteiger partial charge on any atom is -0.494 e. The number of hydrogen-bond donors (Lipinski definition) is 1. The molecule has 0 aromatic heterocycles. The SMILES string of the molecule is CCOc1ccc(C(=O)NC2CCCCCC2)cc1COC. The van der Waals surface area contributed by atoms with Crippen LogP contribution >= 0.6 is 0 Å². The molecule has 0 unspecified atom stereocenters. The van der Waals surface area contributed by atoms with E-state index in [-0.39, 0.29) is 5.91 Å². The summed E-state index contributed by atoms with van der Waals surface area (Å²) in [6, 6.07) is 5.88. The van der Waals surface area contributed by atoms with Crippen molar-refractivity contribution in [3.63, 3.8) is 0 Å². The van der Waals surface area contributed by atoms with Gasteiger partial charge < -0.3 is 14.8 Å². The minimum atomic E-state index is 0.00676. The first kappa shape index (κ1) is 16.8. The average molecular weight is 305 g/mol. The lowest BCUT2D eigenvalue weighted by atomic mass is 10.1. The van der Waals surface area contributed by atoms with Crippen molar-refractivity contribution in [2.45, 2.75) is 58.1 Å². The van der Waals surface area contributed by atoms with E-state index in [0.717, 1.165) is 24.2 Å². The van der Waals surface area contributed by atoms with Crippen LogP contribution in [0.25, 0.3) is 0 Å².